The topological polar surface area (TPSA) is 104 Å². The minimum absolute atomic E-state index is 0.00758. The number of phenols is 1. The lowest BCUT2D eigenvalue weighted by Gasteiger charge is -2.37. The van der Waals surface area contributed by atoms with Gasteiger partial charge in [-0.05, 0) is 38.6 Å². The van der Waals surface area contributed by atoms with Gasteiger partial charge in [-0.3, -0.25) is 14.9 Å². The summed E-state index contributed by atoms with van der Waals surface area (Å²) >= 11 is 0. The highest BCUT2D eigenvalue weighted by Crippen LogP contribution is 2.36. The Bertz CT molecular complexity index is 789. The monoisotopic (exact) mass is 404 g/mol. The first-order valence-electron chi connectivity index (χ1n) is 9.89. The number of guanidine groups is 1. The maximum Gasteiger partial charge on any atom is 0.321 e. The van der Waals surface area contributed by atoms with Crippen LogP contribution >= 0.6 is 0 Å². The van der Waals surface area contributed by atoms with Crippen molar-refractivity contribution in [1.82, 2.24) is 15.1 Å². The maximum absolute atomic E-state index is 12.9. The van der Waals surface area contributed by atoms with Gasteiger partial charge in [0.05, 0.1) is 13.2 Å². The summed E-state index contributed by atoms with van der Waals surface area (Å²) in [5.74, 6) is -1.43. The average molecular weight is 404 g/mol. The second-order valence-electron chi connectivity index (χ2n) is 7.07. The van der Waals surface area contributed by atoms with Crippen LogP contribution in [0.1, 0.15) is 25.5 Å². The molecule has 1 aromatic rings. The Morgan fingerprint density at radius 3 is 2.62 bits per heavy atom. The summed E-state index contributed by atoms with van der Waals surface area (Å²) in [6.45, 7) is 7.22. The van der Waals surface area contributed by atoms with E-state index < -0.39 is 23.8 Å². The number of hydrogen-bond acceptors (Lipinski definition) is 8. The minimum atomic E-state index is -1.11. The van der Waals surface area contributed by atoms with Crippen LogP contribution in [0.3, 0.4) is 0 Å². The quantitative estimate of drug-likeness (QED) is 0.551. The summed E-state index contributed by atoms with van der Waals surface area (Å²) in [5, 5.41) is 12.8. The van der Waals surface area contributed by atoms with Crippen LogP contribution in [0.25, 0.3) is 0 Å². The first kappa shape index (κ1) is 20.9. The summed E-state index contributed by atoms with van der Waals surface area (Å²) in [5.41, 5.74) is 0.603. The van der Waals surface area contributed by atoms with E-state index in [1.807, 2.05) is 18.9 Å². The zero-order valence-electron chi connectivity index (χ0n) is 17.1. The fourth-order valence-electron chi connectivity index (χ4n) is 3.47. The standard InChI is InChI=1S/C20H28N4O5/c1-4-28-15-12-13(6-7-14(15)25)17-16(19(27)29-5-2)18(26)22-20(21-17)24-10-8-23(3)9-11-24/h6-7,12,16-17,25H,4-5,8-11H2,1-3H3,(H,21,22,26)/t16-,17-/m0/s1. The lowest BCUT2D eigenvalue weighted by atomic mass is 9.91. The van der Waals surface area contributed by atoms with Crippen molar-refractivity contribution in [3.8, 4) is 11.5 Å². The van der Waals surface area contributed by atoms with Crippen molar-refractivity contribution in [2.45, 2.75) is 19.9 Å². The van der Waals surface area contributed by atoms with Gasteiger partial charge in [0, 0.05) is 26.2 Å². The molecule has 1 aromatic carbocycles. The molecule has 2 aliphatic heterocycles. The zero-order chi connectivity index (χ0) is 21.0. The number of carbonyl (C=O) groups excluding carboxylic acids is 2. The summed E-state index contributed by atoms with van der Waals surface area (Å²) < 4.78 is 10.6. The van der Waals surface area contributed by atoms with Crippen LogP contribution in [0.2, 0.25) is 0 Å². The second-order valence-corrected chi connectivity index (χ2v) is 7.07. The number of phenolic OH excluding ortho intramolecular Hbond substituents is 1. The number of hydrogen-bond donors (Lipinski definition) is 2. The van der Waals surface area contributed by atoms with Crippen molar-refractivity contribution < 1.29 is 24.2 Å². The number of carbonyl (C=O) groups is 2. The average Bonchev–Trinajstić information content (AvgIpc) is 2.70. The van der Waals surface area contributed by atoms with Crippen molar-refractivity contribution in [3.05, 3.63) is 23.8 Å². The van der Waals surface area contributed by atoms with Gasteiger partial charge in [-0.25, -0.2) is 4.99 Å². The number of likely N-dealkylation sites (N-methyl/N-ethyl adjacent to an activating group) is 1. The van der Waals surface area contributed by atoms with Gasteiger partial charge in [0.2, 0.25) is 11.9 Å². The molecule has 2 heterocycles. The fraction of sp³-hybridized carbons (Fsp3) is 0.550. The van der Waals surface area contributed by atoms with E-state index in [1.54, 1.807) is 19.1 Å². The molecule has 1 amide bonds. The predicted octanol–water partition coefficient (Wildman–Crippen LogP) is 0.745. The molecule has 1 saturated heterocycles. The molecule has 9 heteroatoms. The third-order valence-corrected chi connectivity index (χ3v) is 5.06. The van der Waals surface area contributed by atoms with Crippen LogP contribution in [0, 0.1) is 5.92 Å². The molecule has 0 aromatic heterocycles. The van der Waals surface area contributed by atoms with Gasteiger partial charge in [0.15, 0.2) is 17.4 Å². The van der Waals surface area contributed by atoms with Gasteiger partial charge < -0.3 is 24.4 Å². The van der Waals surface area contributed by atoms with Crippen molar-refractivity contribution in [2.24, 2.45) is 10.9 Å². The van der Waals surface area contributed by atoms with E-state index in [2.05, 4.69) is 10.2 Å². The van der Waals surface area contributed by atoms with Gasteiger partial charge in [-0.15, -0.1) is 0 Å². The van der Waals surface area contributed by atoms with Crippen LogP contribution in [-0.2, 0) is 14.3 Å². The SMILES string of the molecule is CCOC(=O)[C@@H]1C(=O)NC(N2CCN(C)CC2)=N[C@H]1c1ccc(O)c(OCC)c1. The van der Waals surface area contributed by atoms with Crippen molar-refractivity contribution in [1.29, 1.82) is 0 Å². The molecule has 29 heavy (non-hydrogen) atoms. The second kappa shape index (κ2) is 9.13. The molecular weight excluding hydrogens is 376 g/mol. The number of rotatable bonds is 5. The Morgan fingerprint density at radius 1 is 1.24 bits per heavy atom. The van der Waals surface area contributed by atoms with Crippen LogP contribution in [0.15, 0.2) is 23.2 Å². The molecule has 9 nitrogen and oxygen atoms in total. The predicted molar refractivity (Wildman–Crippen MR) is 107 cm³/mol. The molecule has 0 saturated carbocycles. The Morgan fingerprint density at radius 2 is 1.97 bits per heavy atom. The molecule has 0 aliphatic carbocycles. The van der Waals surface area contributed by atoms with Crippen molar-refractivity contribution in [2.75, 3.05) is 46.4 Å². The Balaban J connectivity index is 1.98. The first-order valence-corrected chi connectivity index (χ1v) is 9.89. The maximum atomic E-state index is 12.9. The molecule has 0 unspecified atom stereocenters. The summed E-state index contributed by atoms with van der Waals surface area (Å²) in [6, 6.07) is 4.00. The Kier molecular flexibility index (Phi) is 6.58. The number of nitrogens with zero attached hydrogens (tertiary/aromatic N) is 3. The highest BCUT2D eigenvalue weighted by molar-refractivity contribution is 6.08. The van der Waals surface area contributed by atoms with Crippen LogP contribution in [-0.4, -0.2) is 79.2 Å². The molecule has 158 valence electrons. The van der Waals surface area contributed by atoms with Crippen LogP contribution in [0.4, 0.5) is 0 Å². The molecule has 0 bridgehead atoms. The van der Waals surface area contributed by atoms with Gasteiger partial charge in [-0.1, -0.05) is 6.07 Å². The van der Waals surface area contributed by atoms with E-state index in [-0.39, 0.29) is 18.1 Å². The fourth-order valence-corrected chi connectivity index (χ4v) is 3.47. The van der Waals surface area contributed by atoms with Gasteiger partial charge in [0.1, 0.15) is 6.04 Å². The van der Waals surface area contributed by atoms with Crippen LogP contribution < -0.4 is 10.1 Å². The molecule has 2 N–H and O–H groups in total. The highest BCUT2D eigenvalue weighted by Gasteiger charge is 2.42. The number of esters is 1. The largest absolute Gasteiger partial charge is 0.504 e. The number of amides is 1. The molecule has 0 radical (unpaired) electrons. The Hall–Kier alpha value is -2.81. The summed E-state index contributed by atoms with van der Waals surface area (Å²) in [4.78, 5) is 34.4. The third kappa shape index (κ3) is 4.61. The number of aliphatic imine (C=N–C) groups is 1. The summed E-state index contributed by atoms with van der Waals surface area (Å²) in [6.07, 6.45) is 0. The van der Waals surface area contributed by atoms with E-state index in [0.29, 0.717) is 18.1 Å². The lowest BCUT2D eigenvalue weighted by molar-refractivity contribution is -0.153. The van der Waals surface area contributed by atoms with E-state index in [4.69, 9.17) is 14.5 Å². The number of nitrogens with one attached hydrogen (secondary N) is 1. The highest BCUT2D eigenvalue weighted by atomic mass is 16.5. The first-order chi connectivity index (χ1) is 13.9. The molecule has 3 rings (SSSR count). The molecular formula is C20H28N4O5. The molecule has 2 aliphatic rings. The van der Waals surface area contributed by atoms with Crippen molar-refractivity contribution in [3.63, 3.8) is 0 Å². The summed E-state index contributed by atoms with van der Waals surface area (Å²) in [7, 11) is 2.05. The van der Waals surface area contributed by atoms with E-state index in [0.717, 1.165) is 26.2 Å². The Labute approximate surface area is 170 Å². The third-order valence-electron chi connectivity index (χ3n) is 5.06. The van der Waals surface area contributed by atoms with Gasteiger partial charge >= 0.3 is 5.97 Å². The number of benzene rings is 1. The lowest BCUT2D eigenvalue weighted by Crippen LogP contribution is -2.56. The molecule has 1 fully saturated rings. The van der Waals surface area contributed by atoms with E-state index in [1.165, 1.54) is 6.07 Å². The van der Waals surface area contributed by atoms with Gasteiger partial charge in [-0.2, -0.15) is 0 Å². The number of ether oxygens (including phenoxy) is 2. The minimum Gasteiger partial charge on any atom is -0.504 e. The van der Waals surface area contributed by atoms with E-state index >= 15 is 0 Å². The van der Waals surface area contributed by atoms with E-state index in [9.17, 15) is 14.7 Å². The van der Waals surface area contributed by atoms with Gasteiger partial charge in [0.25, 0.3) is 0 Å². The number of piperazine rings is 1. The normalized spacial score (nSPS) is 22.7. The molecule has 0 spiro atoms. The molecule has 2 atom stereocenters. The zero-order valence-corrected chi connectivity index (χ0v) is 17.1. The van der Waals surface area contributed by atoms with Crippen molar-refractivity contribution >= 4 is 17.8 Å². The smallest absolute Gasteiger partial charge is 0.321 e. The number of aromatic hydroxyl groups is 1. The van der Waals surface area contributed by atoms with Crippen LogP contribution in [0.5, 0.6) is 11.5 Å².